The average Bonchev–Trinajstić information content (AvgIpc) is 3.35. The van der Waals surface area contributed by atoms with Crippen LogP contribution in [0.3, 0.4) is 0 Å². The van der Waals surface area contributed by atoms with E-state index in [0.717, 1.165) is 22.7 Å². The maximum atomic E-state index is 12.3. The lowest BCUT2D eigenvalue weighted by Gasteiger charge is -2.08. The van der Waals surface area contributed by atoms with Crippen molar-refractivity contribution in [2.24, 2.45) is 0 Å². The lowest BCUT2D eigenvalue weighted by Crippen LogP contribution is -2.15. The summed E-state index contributed by atoms with van der Waals surface area (Å²) in [5, 5.41) is 7.62. The summed E-state index contributed by atoms with van der Waals surface area (Å²) in [6.45, 7) is 2.91. The third kappa shape index (κ3) is 4.30. The first-order valence-corrected chi connectivity index (χ1v) is 10.5. The molecule has 1 N–H and O–H groups in total. The topological polar surface area (TPSA) is 95.1 Å². The zero-order valence-corrected chi connectivity index (χ0v) is 17.5. The van der Waals surface area contributed by atoms with Gasteiger partial charge in [-0.05, 0) is 31.2 Å². The van der Waals surface area contributed by atoms with E-state index in [1.54, 1.807) is 19.2 Å². The van der Waals surface area contributed by atoms with Gasteiger partial charge >= 0.3 is 0 Å². The van der Waals surface area contributed by atoms with Crippen LogP contribution in [0, 0.1) is 0 Å². The van der Waals surface area contributed by atoms with Crippen molar-refractivity contribution in [3.63, 3.8) is 0 Å². The fourth-order valence-electron chi connectivity index (χ4n) is 3.10. The summed E-state index contributed by atoms with van der Waals surface area (Å²) in [7, 11) is 1.56. The third-order valence-electron chi connectivity index (χ3n) is 4.47. The van der Waals surface area contributed by atoms with Crippen LogP contribution in [0.5, 0.6) is 5.75 Å². The zero-order valence-electron chi connectivity index (χ0n) is 16.7. The minimum atomic E-state index is -0.243. The molecule has 4 rings (SSSR count). The Labute approximate surface area is 177 Å². The van der Waals surface area contributed by atoms with Crippen molar-refractivity contribution in [3.8, 4) is 5.75 Å². The molecule has 30 heavy (non-hydrogen) atoms. The number of anilines is 1. The largest absolute Gasteiger partial charge is 0.495 e. The molecule has 0 bridgehead atoms. The number of benzene rings is 2. The molecule has 9 heteroatoms. The maximum absolute atomic E-state index is 12.3. The SMILES string of the molecule is CCn1c(SCc2nc(CC(=O)Nc3ccccc3OC)no2)nc2ccccc21. The number of imidazole rings is 1. The van der Waals surface area contributed by atoms with Crippen molar-refractivity contribution >= 4 is 34.4 Å². The predicted octanol–water partition coefficient (Wildman–Crippen LogP) is 3.92. The molecule has 0 saturated carbocycles. The summed E-state index contributed by atoms with van der Waals surface area (Å²) >= 11 is 1.53. The summed E-state index contributed by atoms with van der Waals surface area (Å²) in [6.07, 6.45) is 0.0136. The Kier molecular flexibility index (Phi) is 5.99. The molecule has 2 aromatic carbocycles. The van der Waals surface area contributed by atoms with E-state index in [1.165, 1.54) is 11.8 Å². The molecule has 154 valence electrons. The van der Waals surface area contributed by atoms with Crippen LogP contribution < -0.4 is 10.1 Å². The number of carbonyl (C=O) groups excluding carboxylic acids is 1. The molecule has 1 amide bonds. The van der Waals surface area contributed by atoms with Gasteiger partial charge in [-0.25, -0.2) is 4.98 Å². The number of hydrogen-bond acceptors (Lipinski definition) is 7. The van der Waals surface area contributed by atoms with Crippen LogP contribution in [0.4, 0.5) is 5.69 Å². The highest BCUT2D eigenvalue weighted by Crippen LogP contribution is 2.26. The number of aromatic nitrogens is 4. The number of para-hydroxylation sites is 4. The van der Waals surface area contributed by atoms with Gasteiger partial charge in [0.15, 0.2) is 11.0 Å². The van der Waals surface area contributed by atoms with E-state index in [2.05, 4.69) is 38.0 Å². The molecule has 0 fully saturated rings. The number of thioether (sulfide) groups is 1. The minimum absolute atomic E-state index is 0.0136. The molecule has 0 aliphatic carbocycles. The molecule has 2 heterocycles. The second kappa shape index (κ2) is 9.00. The summed E-state index contributed by atoms with van der Waals surface area (Å²) in [6, 6.07) is 15.3. The van der Waals surface area contributed by atoms with Crippen LogP contribution in [0.15, 0.2) is 58.2 Å². The number of fused-ring (bicyclic) bond motifs is 1. The molecule has 0 saturated heterocycles. The molecule has 0 aliphatic heterocycles. The van der Waals surface area contributed by atoms with E-state index in [9.17, 15) is 4.79 Å². The van der Waals surface area contributed by atoms with Crippen molar-refractivity contribution < 1.29 is 14.1 Å². The number of rotatable bonds is 8. The molecule has 0 atom stereocenters. The van der Waals surface area contributed by atoms with Crippen LogP contribution in [0.1, 0.15) is 18.6 Å². The number of carbonyl (C=O) groups is 1. The Bertz CT molecular complexity index is 1170. The summed E-state index contributed by atoms with van der Waals surface area (Å²) < 4.78 is 12.7. The Morgan fingerprint density at radius 1 is 1.17 bits per heavy atom. The second-order valence-electron chi connectivity index (χ2n) is 6.45. The highest BCUT2D eigenvalue weighted by atomic mass is 32.2. The lowest BCUT2D eigenvalue weighted by molar-refractivity contribution is -0.115. The van der Waals surface area contributed by atoms with E-state index in [4.69, 9.17) is 9.26 Å². The Balaban J connectivity index is 1.38. The standard InChI is InChI=1S/C21H21N5O3S/c1-3-26-16-10-6-4-8-14(16)23-21(26)30-13-20-24-18(25-29-20)12-19(27)22-15-9-5-7-11-17(15)28-2/h4-11H,3,12-13H2,1-2H3,(H,22,27). The highest BCUT2D eigenvalue weighted by molar-refractivity contribution is 7.98. The van der Waals surface area contributed by atoms with Gasteiger partial charge in [0.2, 0.25) is 11.8 Å². The Hall–Kier alpha value is -3.33. The number of ether oxygens (including phenoxy) is 1. The molecular weight excluding hydrogens is 402 g/mol. The van der Waals surface area contributed by atoms with Gasteiger partial charge in [-0.3, -0.25) is 4.79 Å². The smallest absolute Gasteiger partial charge is 0.237 e. The van der Waals surface area contributed by atoms with Gasteiger partial charge in [-0.1, -0.05) is 41.2 Å². The average molecular weight is 423 g/mol. The summed E-state index contributed by atoms with van der Waals surface area (Å²) in [5.41, 5.74) is 2.66. The van der Waals surface area contributed by atoms with Gasteiger partial charge in [-0.15, -0.1) is 0 Å². The van der Waals surface area contributed by atoms with Crippen LogP contribution in [-0.2, 0) is 23.5 Å². The number of nitrogens with one attached hydrogen (secondary N) is 1. The first-order chi connectivity index (χ1) is 14.7. The van der Waals surface area contributed by atoms with Gasteiger partial charge < -0.3 is 19.1 Å². The van der Waals surface area contributed by atoms with E-state index < -0.39 is 0 Å². The minimum Gasteiger partial charge on any atom is -0.495 e. The van der Waals surface area contributed by atoms with Crippen molar-refractivity contribution in [2.75, 3.05) is 12.4 Å². The fraction of sp³-hybridized carbons (Fsp3) is 0.238. The summed E-state index contributed by atoms with van der Waals surface area (Å²) in [4.78, 5) is 21.3. The normalized spacial score (nSPS) is 11.0. The van der Waals surface area contributed by atoms with Crippen molar-refractivity contribution in [1.82, 2.24) is 19.7 Å². The number of aryl methyl sites for hydroxylation is 1. The highest BCUT2D eigenvalue weighted by Gasteiger charge is 2.15. The van der Waals surface area contributed by atoms with E-state index in [-0.39, 0.29) is 12.3 Å². The molecule has 0 spiro atoms. The number of amides is 1. The number of nitrogens with zero attached hydrogens (tertiary/aromatic N) is 4. The first-order valence-electron chi connectivity index (χ1n) is 9.50. The zero-order chi connectivity index (χ0) is 20.9. The number of methoxy groups -OCH3 is 1. The van der Waals surface area contributed by atoms with E-state index in [1.807, 2.05) is 30.3 Å². The fourth-order valence-corrected chi connectivity index (χ4v) is 4.02. The first kappa shape index (κ1) is 20.0. The van der Waals surface area contributed by atoms with Crippen LogP contribution in [0.2, 0.25) is 0 Å². The quantitative estimate of drug-likeness (QED) is 0.429. The van der Waals surface area contributed by atoms with Gasteiger partial charge in [-0.2, -0.15) is 4.98 Å². The monoisotopic (exact) mass is 423 g/mol. The van der Waals surface area contributed by atoms with Crippen molar-refractivity contribution in [3.05, 3.63) is 60.2 Å². The molecule has 4 aromatic rings. The van der Waals surface area contributed by atoms with Gasteiger partial charge in [0, 0.05) is 6.54 Å². The Morgan fingerprint density at radius 2 is 1.97 bits per heavy atom. The van der Waals surface area contributed by atoms with Crippen LogP contribution >= 0.6 is 11.8 Å². The predicted molar refractivity (Wildman–Crippen MR) is 115 cm³/mol. The maximum Gasteiger partial charge on any atom is 0.237 e. The van der Waals surface area contributed by atoms with E-state index >= 15 is 0 Å². The second-order valence-corrected chi connectivity index (χ2v) is 7.39. The Morgan fingerprint density at radius 3 is 2.80 bits per heavy atom. The molecule has 0 radical (unpaired) electrons. The number of hydrogen-bond donors (Lipinski definition) is 1. The third-order valence-corrected chi connectivity index (χ3v) is 5.43. The lowest BCUT2D eigenvalue weighted by atomic mass is 10.2. The van der Waals surface area contributed by atoms with Gasteiger partial charge in [0.05, 0.1) is 36.0 Å². The summed E-state index contributed by atoms with van der Waals surface area (Å²) in [5.74, 6) is 1.61. The molecular formula is C21H21N5O3S. The van der Waals surface area contributed by atoms with Crippen LogP contribution in [-0.4, -0.2) is 32.7 Å². The molecule has 0 aliphatic rings. The van der Waals surface area contributed by atoms with Crippen LogP contribution in [0.25, 0.3) is 11.0 Å². The van der Waals surface area contributed by atoms with Crippen molar-refractivity contribution in [1.29, 1.82) is 0 Å². The van der Waals surface area contributed by atoms with Gasteiger partial charge in [0.1, 0.15) is 5.75 Å². The van der Waals surface area contributed by atoms with Crippen molar-refractivity contribution in [2.45, 2.75) is 30.8 Å². The molecule has 2 aromatic heterocycles. The molecule has 0 unspecified atom stereocenters. The van der Waals surface area contributed by atoms with E-state index in [0.29, 0.717) is 28.9 Å². The van der Waals surface area contributed by atoms with Gasteiger partial charge in [0.25, 0.3) is 0 Å². The molecule has 8 nitrogen and oxygen atoms in total.